The topological polar surface area (TPSA) is 131 Å². The molecule has 0 N–H and O–H groups in total. The van der Waals surface area contributed by atoms with Crippen molar-refractivity contribution in [3.63, 3.8) is 0 Å². The molecule has 9 nitrogen and oxygen atoms in total. The van der Waals surface area contributed by atoms with Crippen molar-refractivity contribution in [1.29, 1.82) is 10.5 Å². The first-order valence-electron chi connectivity index (χ1n) is 6.86. The largest absolute Gasteiger partial charge is 0.470 e. The average molecular weight is 357 g/mol. The van der Waals surface area contributed by atoms with Crippen LogP contribution in [0.5, 0.6) is 0 Å². The van der Waals surface area contributed by atoms with Crippen molar-refractivity contribution < 1.29 is 28.6 Å². The summed E-state index contributed by atoms with van der Waals surface area (Å²) < 4.78 is 14.7. The van der Waals surface area contributed by atoms with Crippen LogP contribution in [0.25, 0.3) is 4.85 Å². The predicted octanol–water partition coefficient (Wildman–Crippen LogP) is 1.21. The molecule has 0 aliphatic carbocycles. The van der Waals surface area contributed by atoms with E-state index >= 15 is 0 Å². The van der Waals surface area contributed by atoms with Gasteiger partial charge in [-0.3, -0.25) is 4.79 Å². The fourth-order valence-corrected chi connectivity index (χ4v) is 1.24. The second-order valence-corrected chi connectivity index (χ2v) is 5.28. The zero-order chi connectivity index (χ0) is 20.3. The van der Waals surface area contributed by atoms with E-state index in [1.54, 1.807) is 0 Å². The first-order chi connectivity index (χ1) is 12.1. The van der Waals surface area contributed by atoms with Crippen molar-refractivity contribution in [2.24, 2.45) is 5.41 Å². The van der Waals surface area contributed by atoms with Gasteiger partial charge in [0.1, 0.15) is 43.1 Å². The highest BCUT2D eigenvalue weighted by atomic mass is 16.6. The van der Waals surface area contributed by atoms with E-state index in [4.69, 9.17) is 31.3 Å². The highest BCUT2D eigenvalue weighted by Crippen LogP contribution is 2.20. The molecule has 0 aromatic carbocycles. The average Bonchev–Trinajstić information content (AvgIpc) is 2.66. The molecule has 0 unspecified atom stereocenters. The van der Waals surface area contributed by atoms with Gasteiger partial charge in [-0.1, -0.05) is 19.7 Å². The standard InChI is InChI=1S/C17H15N3O6/c1-11(6-18)14(21)24-8-17(4,9-25-15(22)12(2)7-19)10-26-16(23)13(3)20-5/h1-3,8-10H2,4H3. The van der Waals surface area contributed by atoms with E-state index < -0.39 is 60.0 Å². The van der Waals surface area contributed by atoms with Gasteiger partial charge in [0.25, 0.3) is 5.70 Å². The summed E-state index contributed by atoms with van der Waals surface area (Å²) in [5.74, 6) is -2.99. The molecule has 0 spiro atoms. The van der Waals surface area contributed by atoms with Crippen LogP contribution in [0.4, 0.5) is 0 Å². The van der Waals surface area contributed by atoms with Gasteiger partial charge >= 0.3 is 17.9 Å². The van der Waals surface area contributed by atoms with E-state index in [0.29, 0.717) is 0 Å². The summed E-state index contributed by atoms with van der Waals surface area (Å²) in [6.07, 6.45) is 0. The zero-order valence-corrected chi connectivity index (χ0v) is 14.0. The molecule has 0 bridgehead atoms. The highest BCUT2D eigenvalue weighted by molar-refractivity contribution is 5.92. The summed E-state index contributed by atoms with van der Waals surface area (Å²) in [6.45, 7) is 16.5. The summed E-state index contributed by atoms with van der Waals surface area (Å²) in [6, 6.07) is 3.03. The molecule has 0 rings (SSSR count). The molecule has 134 valence electrons. The van der Waals surface area contributed by atoms with Crippen LogP contribution in [0.2, 0.25) is 0 Å². The maximum absolute atomic E-state index is 11.5. The minimum Gasteiger partial charge on any atom is -0.470 e. The number of carbonyl (C=O) groups is 3. The molecule has 0 atom stereocenters. The monoisotopic (exact) mass is 357 g/mol. The van der Waals surface area contributed by atoms with Gasteiger partial charge in [0.2, 0.25) is 0 Å². The third kappa shape index (κ3) is 7.12. The lowest BCUT2D eigenvalue weighted by molar-refractivity contribution is -0.155. The summed E-state index contributed by atoms with van der Waals surface area (Å²) in [7, 11) is 0. The van der Waals surface area contributed by atoms with E-state index in [2.05, 4.69) is 24.6 Å². The molecule has 0 fully saturated rings. The number of hydrogen-bond acceptors (Lipinski definition) is 8. The normalized spacial score (nSPS) is 9.46. The number of esters is 3. The summed E-state index contributed by atoms with van der Waals surface area (Å²) in [4.78, 5) is 37.4. The van der Waals surface area contributed by atoms with Gasteiger partial charge < -0.3 is 14.2 Å². The molecular formula is C17H15N3O6. The first kappa shape index (κ1) is 22.1. The van der Waals surface area contributed by atoms with Gasteiger partial charge in [0, 0.05) is 0 Å². The van der Waals surface area contributed by atoms with Crippen molar-refractivity contribution in [2.45, 2.75) is 6.92 Å². The maximum Gasteiger partial charge on any atom is 0.348 e. The molecule has 9 heteroatoms. The van der Waals surface area contributed by atoms with Gasteiger partial charge in [-0.2, -0.15) is 10.5 Å². The molecule has 0 saturated heterocycles. The van der Waals surface area contributed by atoms with E-state index in [0.717, 1.165) is 0 Å². The SMILES string of the molecule is [C-]#[N+]C(=C)C(=O)OCC(C)(COC(=O)C(=C)C#N)COC(=O)C(=C)C#N. The fraction of sp³-hybridized carbons (Fsp3) is 0.294. The number of carbonyl (C=O) groups excluding carboxylic acids is 3. The maximum atomic E-state index is 11.5. The smallest absolute Gasteiger partial charge is 0.348 e. The van der Waals surface area contributed by atoms with E-state index in [1.807, 2.05) is 0 Å². The quantitative estimate of drug-likeness (QED) is 0.198. The van der Waals surface area contributed by atoms with Crippen LogP contribution < -0.4 is 0 Å². The third-order valence-corrected chi connectivity index (χ3v) is 2.79. The molecule has 26 heavy (non-hydrogen) atoms. The van der Waals surface area contributed by atoms with Crippen LogP contribution in [0.15, 0.2) is 36.6 Å². The molecule has 0 aliphatic heterocycles. The first-order valence-corrected chi connectivity index (χ1v) is 6.86. The van der Waals surface area contributed by atoms with Gasteiger partial charge in [-0.15, -0.1) is 0 Å². The minimum atomic E-state index is -1.23. The van der Waals surface area contributed by atoms with Gasteiger partial charge in [-0.05, 0) is 6.92 Å². The third-order valence-electron chi connectivity index (χ3n) is 2.79. The molecule has 0 aliphatic rings. The van der Waals surface area contributed by atoms with Crippen LogP contribution in [-0.4, -0.2) is 37.7 Å². The van der Waals surface area contributed by atoms with Gasteiger partial charge in [-0.25, -0.2) is 14.4 Å². The molecule has 0 saturated carbocycles. The predicted molar refractivity (Wildman–Crippen MR) is 86.2 cm³/mol. The van der Waals surface area contributed by atoms with Gasteiger partial charge in [0.05, 0.1) is 12.0 Å². The Morgan fingerprint density at radius 1 is 0.923 bits per heavy atom. The van der Waals surface area contributed by atoms with Crippen LogP contribution in [0, 0.1) is 34.6 Å². The fourth-order valence-electron chi connectivity index (χ4n) is 1.24. The van der Waals surface area contributed by atoms with Crippen molar-refractivity contribution >= 4 is 17.9 Å². The molecular weight excluding hydrogens is 342 g/mol. The Bertz CT molecular complexity index is 673. The number of nitrogens with zero attached hydrogens (tertiary/aromatic N) is 3. The Balaban J connectivity index is 5.10. The Labute approximate surface area is 150 Å². The Kier molecular flexibility index (Phi) is 8.56. The Hall–Kier alpha value is -3.90. The zero-order valence-electron chi connectivity index (χ0n) is 14.0. The van der Waals surface area contributed by atoms with Crippen molar-refractivity contribution in [2.75, 3.05) is 19.8 Å². The lowest BCUT2D eigenvalue weighted by Crippen LogP contribution is -2.37. The van der Waals surface area contributed by atoms with Crippen LogP contribution in [0.3, 0.4) is 0 Å². The molecule has 0 amide bonds. The number of ether oxygens (including phenoxy) is 3. The van der Waals surface area contributed by atoms with E-state index in [9.17, 15) is 14.4 Å². The Morgan fingerprint density at radius 3 is 1.58 bits per heavy atom. The highest BCUT2D eigenvalue weighted by Gasteiger charge is 2.32. The summed E-state index contributed by atoms with van der Waals surface area (Å²) in [5.41, 5.74) is -2.58. The van der Waals surface area contributed by atoms with Crippen molar-refractivity contribution in [1.82, 2.24) is 0 Å². The van der Waals surface area contributed by atoms with Crippen molar-refractivity contribution in [3.05, 3.63) is 48.0 Å². The molecule has 0 heterocycles. The lowest BCUT2D eigenvalue weighted by atomic mass is 9.94. The van der Waals surface area contributed by atoms with E-state index in [1.165, 1.54) is 19.1 Å². The molecule has 0 aromatic heterocycles. The number of rotatable bonds is 9. The van der Waals surface area contributed by atoms with Crippen LogP contribution in [0.1, 0.15) is 6.92 Å². The van der Waals surface area contributed by atoms with Gasteiger partial charge in [0.15, 0.2) is 0 Å². The number of nitriles is 2. The van der Waals surface area contributed by atoms with Crippen molar-refractivity contribution in [3.8, 4) is 12.1 Å². The summed E-state index contributed by atoms with van der Waals surface area (Å²) >= 11 is 0. The lowest BCUT2D eigenvalue weighted by Gasteiger charge is -2.27. The second-order valence-electron chi connectivity index (χ2n) is 5.28. The minimum absolute atomic E-state index is 0.404. The summed E-state index contributed by atoms with van der Waals surface area (Å²) in [5, 5.41) is 17.2. The number of hydrogen-bond donors (Lipinski definition) is 0. The second kappa shape index (κ2) is 10.1. The van der Waals surface area contributed by atoms with Crippen LogP contribution >= 0.6 is 0 Å². The van der Waals surface area contributed by atoms with Crippen LogP contribution in [-0.2, 0) is 28.6 Å². The molecule has 0 aromatic rings. The Morgan fingerprint density at radius 2 is 1.27 bits per heavy atom. The molecule has 0 radical (unpaired) electrons. The van der Waals surface area contributed by atoms with E-state index in [-0.39, 0.29) is 0 Å².